The summed E-state index contributed by atoms with van der Waals surface area (Å²) in [5.74, 6) is 0.774. The number of benzene rings is 1. The third kappa shape index (κ3) is 5.80. The van der Waals surface area contributed by atoms with E-state index in [1.165, 1.54) is 0 Å². The number of thiazole rings is 1. The number of hydrogen-bond donors (Lipinski definition) is 2. The Bertz CT molecular complexity index is 606. The molecule has 2 atom stereocenters. The van der Waals surface area contributed by atoms with Gasteiger partial charge in [0, 0.05) is 10.9 Å². The monoisotopic (exact) mass is 371 g/mol. The van der Waals surface area contributed by atoms with Crippen molar-refractivity contribution in [3.63, 3.8) is 0 Å². The van der Waals surface area contributed by atoms with E-state index in [9.17, 15) is 4.79 Å². The van der Waals surface area contributed by atoms with Gasteiger partial charge in [-0.1, -0.05) is 30.3 Å². The van der Waals surface area contributed by atoms with Gasteiger partial charge in [-0.15, -0.1) is 23.7 Å². The van der Waals surface area contributed by atoms with Gasteiger partial charge >= 0.3 is 0 Å². The van der Waals surface area contributed by atoms with Crippen molar-refractivity contribution in [2.24, 2.45) is 5.73 Å². The van der Waals surface area contributed by atoms with Gasteiger partial charge in [-0.2, -0.15) is 11.8 Å². The third-order valence-corrected chi connectivity index (χ3v) is 4.96. The molecule has 1 amide bonds. The van der Waals surface area contributed by atoms with Crippen LogP contribution in [-0.2, 0) is 4.79 Å². The fraction of sp³-hybridized carbons (Fsp3) is 0.375. The van der Waals surface area contributed by atoms with Crippen molar-refractivity contribution in [1.29, 1.82) is 0 Å². The van der Waals surface area contributed by atoms with Crippen LogP contribution in [0.3, 0.4) is 0 Å². The standard InChI is InChI=1S/C16H21N3OS2.ClH/c1-11(18-15(20)13(17)8-9-21-2)16-19-14(10-22-16)12-6-4-3-5-7-12;/h3-7,10-11,13H,8-9,17H2,1-2H3,(H,18,20);1H/t11?,13-;/m0./s1. The molecule has 1 aromatic carbocycles. The maximum atomic E-state index is 12.0. The van der Waals surface area contributed by atoms with Crippen LogP contribution in [0.4, 0.5) is 0 Å². The molecule has 0 radical (unpaired) electrons. The van der Waals surface area contributed by atoms with Gasteiger partial charge in [-0.3, -0.25) is 4.79 Å². The number of thioether (sulfide) groups is 1. The smallest absolute Gasteiger partial charge is 0.237 e. The molecule has 7 heteroatoms. The molecule has 1 unspecified atom stereocenters. The van der Waals surface area contributed by atoms with Crippen molar-refractivity contribution < 1.29 is 4.79 Å². The minimum atomic E-state index is -0.455. The van der Waals surface area contributed by atoms with Gasteiger partial charge in [0.05, 0.1) is 17.8 Å². The zero-order valence-electron chi connectivity index (χ0n) is 13.2. The predicted molar refractivity (Wildman–Crippen MR) is 102 cm³/mol. The van der Waals surface area contributed by atoms with Crippen LogP contribution in [0, 0.1) is 0 Å². The quantitative estimate of drug-likeness (QED) is 0.781. The average molecular weight is 372 g/mol. The number of aromatic nitrogens is 1. The highest BCUT2D eigenvalue weighted by Gasteiger charge is 2.18. The Morgan fingerprint density at radius 1 is 1.39 bits per heavy atom. The van der Waals surface area contributed by atoms with E-state index < -0.39 is 6.04 Å². The zero-order chi connectivity index (χ0) is 15.9. The van der Waals surface area contributed by atoms with Gasteiger partial charge in [-0.05, 0) is 25.4 Å². The van der Waals surface area contributed by atoms with Crippen molar-refractivity contribution >= 4 is 41.4 Å². The Hall–Kier alpha value is -1.08. The largest absolute Gasteiger partial charge is 0.346 e. The highest BCUT2D eigenvalue weighted by atomic mass is 35.5. The van der Waals surface area contributed by atoms with Crippen LogP contribution in [0.5, 0.6) is 0 Å². The molecule has 0 aliphatic heterocycles. The summed E-state index contributed by atoms with van der Waals surface area (Å²) in [7, 11) is 0. The summed E-state index contributed by atoms with van der Waals surface area (Å²) < 4.78 is 0. The predicted octanol–water partition coefficient (Wildman–Crippen LogP) is 3.49. The molecule has 4 nitrogen and oxygen atoms in total. The van der Waals surface area contributed by atoms with Crippen LogP contribution in [-0.4, -0.2) is 28.9 Å². The summed E-state index contributed by atoms with van der Waals surface area (Å²) in [5.41, 5.74) is 7.91. The molecule has 0 aliphatic carbocycles. The van der Waals surface area contributed by atoms with E-state index in [1.807, 2.05) is 48.9 Å². The Balaban J connectivity index is 0.00000264. The minimum Gasteiger partial charge on any atom is -0.346 e. The molecule has 0 saturated carbocycles. The second kappa shape index (κ2) is 9.93. The van der Waals surface area contributed by atoms with Crippen LogP contribution in [0.1, 0.15) is 24.4 Å². The van der Waals surface area contributed by atoms with Gasteiger partial charge in [-0.25, -0.2) is 4.98 Å². The number of rotatable bonds is 7. The van der Waals surface area contributed by atoms with E-state index in [0.717, 1.165) is 22.0 Å². The Kier molecular flexibility index (Phi) is 8.62. The topological polar surface area (TPSA) is 68.0 Å². The summed E-state index contributed by atoms with van der Waals surface area (Å²) in [6.45, 7) is 1.94. The normalized spacial score (nSPS) is 13.0. The first-order valence-corrected chi connectivity index (χ1v) is 9.45. The number of amides is 1. The number of nitrogens with one attached hydrogen (secondary N) is 1. The molecule has 0 saturated heterocycles. The van der Waals surface area contributed by atoms with Crippen LogP contribution in [0.25, 0.3) is 11.3 Å². The first kappa shape index (κ1) is 20.0. The molecule has 2 aromatic rings. The Morgan fingerprint density at radius 2 is 2.09 bits per heavy atom. The molecule has 0 fully saturated rings. The van der Waals surface area contributed by atoms with Crippen molar-refractivity contribution in [1.82, 2.24) is 10.3 Å². The number of carbonyl (C=O) groups excluding carboxylic acids is 1. The second-order valence-electron chi connectivity index (χ2n) is 5.06. The highest BCUT2D eigenvalue weighted by Crippen LogP contribution is 2.25. The van der Waals surface area contributed by atoms with Crippen LogP contribution >= 0.6 is 35.5 Å². The summed E-state index contributed by atoms with van der Waals surface area (Å²) in [6.07, 6.45) is 2.70. The lowest BCUT2D eigenvalue weighted by molar-refractivity contribution is -0.123. The second-order valence-corrected chi connectivity index (χ2v) is 6.93. The van der Waals surface area contributed by atoms with Gasteiger partial charge in [0.15, 0.2) is 0 Å². The summed E-state index contributed by atoms with van der Waals surface area (Å²) in [6, 6.07) is 9.43. The average Bonchev–Trinajstić information content (AvgIpc) is 3.03. The number of halogens is 1. The Labute approximate surface area is 151 Å². The van der Waals surface area contributed by atoms with Crippen LogP contribution < -0.4 is 11.1 Å². The van der Waals surface area contributed by atoms with E-state index in [-0.39, 0.29) is 24.4 Å². The van der Waals surface area contributed by atoms with Crippen molar-refractivity contribution in [2.45, 2.75) is 25.4 Å². The van der Waals surface area contributed by atoms with E-state index in [1.54, 1.807) is 23.1 Å². The summed E-state index contributed by atoms with van der Waals surface area (Å²) >= 11 is 3.25. The molecule has 2 rings (SSSR count). The van der Waals surface area contributed by atoms with Crippen molar-refractivity contribution in [3.05, 3.63) is 40.7 Å². The third-order valence-electron chi connectivity index (χ3n) is 3.29. The number of carbonyl (C=O) groups is 1. The molecule has 3 N–H and O–H groups in total. The van der Waals surface area contributed by atoms with Gasteiger partial charge in [0.25, 0.3) is 0 Å². The number of nitrogens with two attached hydrogens (primary N) is 1. The molecule has 0 aliphatic rings. The number of nitrogens with zero attached hydrogens (tertiary/aromatic N) is 1. The minimum absolute atomic E-state index is 0. The lowest BCUT2D eigenvalue weighted by atomic mass is 10.2. The summed E-state index contributed by atoms with van der Waals surface area (Å²) in [5, 5.41) is 5.85. The fourth-order valence-electron chi connectivity index (χ4n) is 1.99. The van der Waals surface area contributed by atoms with Crippen LogP contribution in [0.15, 0.2) is 35.7 Å². The lowest BCUT2D eigenvalue weighted by Crippen LogP contribution is -2.41. The van der Waals surface area contributed by atoms with E-state index in [4.69, 9.17) is 5.73 Å². The highest BCUT2D eigenvalue weighted by molar-refractivity contribution is 7.98. The number of hydrogen-bond acceptors (Lipinski definition) is 5. The van der Waals surface area contributed by atoms with Crippen LogP contribution in [0.2, 0.25) is 0 Å². The molecule has 1 heterocycles. The van der Waals surface area contributed by atoms with E-state index >= 15 is 0 Å². The summed E-state index contributed by atoms with van der Waals surface area (Å²) in [4.78, 5) is 16.7. The molecule has 23 heavy (non-hydrogen) atoms. The molecule has 0 bridgehead atoms. The van der Waals surface area contributed by atoms with Crippen molar-refractivity contribution in [3.8, 4) is 11.3 Å². The zero-order valence-corrected chi connectivity index (χ0v) is 15.6. The Morgan fingerprint density at radius 3 is 2.74 bits per heavy atom. The lowest BCUT2D eigenvalue weighted by Gasteiger charge is -2.15. The molecule has 126 valence electrons. The molecular weight excluding hydrogens is 350 g/mol. The van der Waals surface area contributed by atoms with Crippen molar-refractivity contribution in [2.75, 3.05) is 12.0 Å². The molecule has 1 aromatic heterocycles. The molecular formula is C16H22ClN3OS2. The van der Waals surface area contributed by atoms with E-state index in [2.05, 4.69) is 10.3 Å². The maximum absolute atomic E-state index is 12.0. The van der Waals surface area contributed by atoms with Gasteiger partial charge < -0.3 is 11.1 Å². The maximum Gasteiger partial charge on any atom is 0.237 e. The first-order chi connectivity index (χ1) is 10.6. The molecule has 0 spiro atoms. The first-order valence-electron chi connectivity index (χ1n) is 7.17. The van der Waals surface area contributed by atoms with Gasteiger partial charge in [0.2, 0.25) is 5.91 Å². The van der Waals surface area contributed by atoms with Gasteiger partial charge in [0.1, 0.15) is 5.01 Å². The SMILES string of the molecule is CSCC[C@H](N)C(=O)NC(C)c1nc(-c2ccccc2)cs1.Cl. The fourth-order valence-corrected chi connectivity index (χ4v) is 3.31. The van der Waals surface area contributed by atoms with E-state index in [0.29, 0.717) is 6.42 Å².